The van der Waals surface area contributed by atoms with Crippen LogP contribution in [0.5, 0.6) is 0 Å². The van der Waals surface area contributed by atoms with Gasteiger partial charge >= 0.3 is 0 Å². The van der Waals surface area contributed by atoms with Crippen molar-refractivity contribution in [3.05, 3.63) is 34.9 Å². The second-order valence-corrected chi connectivity index (χ2v) is 5.79. The molecule has 1 unspecified atom stereocenters. The summed E-state index contributed by atoms with van der Waals surface area (Å²) in [6.07, 6.45) is 2.37. The van der Waals surface area contributed by atoms with Crippen molar-refractivity contribution < 1.29 is 0 Å². The quantitative estimate of drug-likeness (QED) is 0.765. The van der Waals surface area contributed by atoms with Crippen LogP contribution in [0.4, 0.5) is 0 Å². The molecule has 1 heterocycles. The highest BCUT2D eigenvalue weighted by molar-refractivity contribution is 6.30. The van der Waals surface area contributed by atoms with Crippen molar-refractivity contribution >= 4 is 11.6 Å². The van der Waals surface area contributed by atoms with E-state index in [4.69, 9.17) is 11.6 Å². The molecular formula is C13H18ClN. The highest BCUT2D eigenvalue weighted by Gasteiger charge is 2.39. The standard InChI is InChI=1S/C13H18ClN/c1-12(2)7-8-13(3,15-12)10-5-4-6-11(14)9-10/h4-6,9,15H,7-8H2,1-3H3. The molecule has 15 heavy (non-hydrogen) atoms. The van der Waals surface area contributed by atoms with Crippen molar-refractivity contribution in [2.45, 2.75) is 44.7 Å². The van der Waals surface area contributed by atoms with Crippen molar-refractivity contribution in [1.29, 1.82) is 0 Å². The smallest absolute Gasteiger partial charge is 0.0411 e. The zero-order valence-electron chi connectivity index (χ0n) is 9.60. The van der Waals surface area contributed by atoms with Crippen LogP contribution in [0.15, 0.2) is 24.3 Å². The third-order valence-corrected chi connectivity index (χ3v) is 3.56. The minimum Gasteiger partial charge on any atom is -0.303 e. The molecule has 1 saturated heterocycles. The van der Waals surface area contributed by atoms with E-state index in [0.717, 1.165) is 5.02 Å². The highest BCUT2D eigenvalue weighted by Crippen LogP contribution is 2.38. The fraction of sp³-hybridized carbons (Fsp3) is 0.538. The van der Waals surface area contributed by atoms with E-state index in [1.807, 2.05) is 12.1 Å². The summed E-state index contributed by atoms with van der Waals surface area (Å²) in [4.78, 5) is 0. The van der Waals surface area contributed by atoms with Gasteiger partial charge in [0, 0.05) is 16.1 Å². The Balaban J connectivity index is 2.31. The first-order valence-corrected chi connectivity index (χ1v) is 5.85. The summed E-state index contributed by atoms with van der Waals surface area (Å²) < 4.78 is 0. The summed E-state index contributed by atoms with van der Waals surface area (Å²) in [7, 11) is 0. The van der Waals surface area contributed by atoms with Crippen molar-refractivity contribution in [3.8, 4) is 0 Å². The van der Waals surface area contributed by atoms with E-state index in [1.54, 1.807) is 0 Å². The molecule has 0 radical (unpaired) electrons. The third kappa shape index (κ3) is 2.19. The predicted molar refractivity (Wildman–Crippen MR) is 65.3 cm³/mol. The van der Waals surface area contributed by atoms with Crippen molar-refractivity contribution in [2.24, 2.45) is 0 Å². The van der Waals surface area contributed by atoms with Crippen molar-refractivity contribution in [1.82, 2.24) is 5.32 Å². The summed E-state index contributed by atoms with van der Waals surface area (Å²) in [5.41, 5.74) is 1.60. The largest absolute Gasteiger partial charge is 0.303 e. The van der Waals surface area contributed by atoms with Gasteiger partial charge in [-0.25, -0.2) is 0 Å². The van der Waals surface area contributed by atoms with E-state index < -0.39 is 0 Å². The van der Waals surface area contributed by atoms with Gasteiger partial charge in [-0.05, 0) is 51.3 Å². The average Bonchev–Trinajstić information content (AvgIpc) is 2.42. The first kappa shape index (κ1) is 11.0. The zero-order valence-corrected chi connectivity index (χ0v) is 10.4. The van der Waals surface area contributed by atoms with Gasteiger partial charge in [0.25, 0.3) is 0 Å². The molecule has 0 amide bonds. The van der Waals surface area contributed by atoms with Gasteiger partial charge < -0.3 is 5.32 Å². The van der Waals surface area contributed by atoms with Crippen LogP contribution in [-0.4, -0.2) is 5.54 Å². The second-order valence-electron chi connectivity index (χ2n) is 5.35. The van der Waals surface area contributed by atoms with Crippen LogP contribution < -0.4 is 5.32 Å². The predicted octanol–water partition coefficient (Wildman–Crippen LogP) is 3.72. The van der Waals surface area contributed by atoms with Gasteiger partial charge in [0.2, 0.25) is 0 Å². The lowest BCUT2D eigenvalue weighted by Gasteiger charge is -2.29. The van der Waals surface area contributed by atoms with E-state index >= 15 is 0 Å². The molecule has 1 aromatic carbocycles. The van der Waals surface area contributed by atoms with Gasteiger partial charge in [0.1, 0.15) is 0 Å². The molecule has 1 fully saturated rings. The molecule has 0 bridgehead atoms. The lowest BCUT2D eigenvalue weighted by Crippen LogP contribution is -2.43. The van der Waals surface area contributed by atoms with E-state index in [1.165, 1.54) is 18.4 Å². The molecular weight excluding hydrogens is 206 g/mol. The van der Waals surface area contributed by atoms with E-state index in [9.17, 15) is 0 Å². The van der Waals surface area contributed by atoms with Crippen LogP contribution in [0, 0.1) is 0 Å². The Labute approximate surface area is 96.8 Å². The number of benzene rings is 1. The van der Waals surface area contributed by atoms with Crippen LogP contribution in [0.2, 0.25) is 5.02 Å². The Hall–Kier alpha value is -0.530. The summed E-state index contributed by atoms with van der Waals surface area (Å²) in [5, 5.41) is 4.51. The van der Waals surface area contributed by atoms with E-state index in [2.05, 4.69) is 38.2 Å². The third-order valence-electron chi connectivity index (χ3n) is 3.33. The average molecular weight is 224 g/mol. The lowest BCUT2D eigenvalue weighted by molar-refractivity contribution is 0.353. The fourth-order valence-electron chi connectivity index (χ4n) is 2.48. The van der Waals surface area contributed by atoms with Crippen LogP contribution in [0.1, 0.15) is 39.2 Å². The van der Waals surface area contributed by atoms with Crippen molar-refractivity contribution in [3.63, 3.8) is 0 Å². The summed E-state index contributed by atoms with van der Waals surface area (Å²) >= 11 is 6.03. The SMILES string of the molecule is CC1(C)CCC(C)(c2cccc(Cl)c2)N1. The molecule has 1 aromatic rings. The highest BCUT2D eigenvalue weighted by atomic mass is 35.5. The number of hydrogen-bond acceptors (Lipinski definition) is 1. The molecule has 0 aromatic heterocycles. The van der Waals surface area contributed by atoms with Gasteiger partial charge in [-0.3, -0.25) is 0 Å². The monoisotopic (exact) mass is 223 g/mol. The summed E-state index contributed by atoms with van der Waals surface area (Å²) in [6.45, 7) is 6.76. The van der Waals surface area contributed by atoms with Gasteiger partial charge in [-0.15, -0.1) is 0 Å². The summed E-state index contributed by atoms with van der Waals surface area (Å²) in [5.74, 6) is 0. The van der Waals surface area contributed by atoms with Crippen molar-refractivity contribution in [2.75, 3.05) is 0 Å². The van der Waals surface area contributed by atoms with E-state index in [-0.39, 0.29) is 11.1 Å². The normalized spacial score (nSPS) is 29.3. The number of nitrogens with one attached hydrogen (secondary N) is 1. The number of halogens is 1. The maximum Gasteiger partial charge on any atom is 0.0411 e. The topological polar surface area (TPSA) is 12.0 Å². The van der Waals surface area contributed by atoms with Crippen LogP contribution in [-0.2, 0) is 5.54 Å². The Kier molecular flexibility index (Phi) is 2.56. The molecule has 0 saturated carbocycles. The first-order valence-electron chi connectivity index (χ1n) is 5.47. The first-order chi connectivity index (χ1) is 6.91. The van der Waals surface area contributed by atoms with E-state index in [0.29, 0.717) is 0 Å². The van der Waals surface area contributed by atoms with Gasteiger partial charge in [-0.2, -0.15) is 0 Å². The minimum absolute atomic E-state index is 0.0778. The van der Waals surface area contributed by atoms with Gasteiger partial charge in [-0.1, -0.05) is 23.7 Å². The molecule has 0 spiro atoms. The van der Waals surface area contributed by atoms with Gasteiger partial charge in [0.05, 0.1) is 0 Å². The summed E-state index contributed by atoms with van der Waals surface area (Å²) in [6, 6.07) is 8.17. The van der Waals surface area contributed by atoms with Gasteiger partial charge in [0.15, 0.2) is 0 Å². The molecule has 2 rings (SSSR count). The molecule has 1 atom stereocenters. The second kappa shape index (κ2) is 3.50. The molecule has 0 aliphatic carbocycles. The van der Waals surface area contributed by atoms with Crippen LogP contribution >= 0.6 is 11.6 Å². The fourth-order valence-corrected chi connectivity index (χ4v) is 2.67. The Morgan fingerprint density at radius 3 is 2.47 bits per heavy atom. The Morgan fingerprint density at radius 1 is 1.20 bits per heavy atom. The molecule has 1 aliphatic rings. The Morgan fingerprint density at radius 2 is 1.93 bits per heavy atom. The molecule has 1 aliphatic heterocycles. The molecule has 2 heteroatoms. The zero-order chi connectivity index (χ0) is 11.1. The maximum atomic E-state index is 6.03. The maximum absolute atomic E-state index is 6.03. The molecule has 82 valence electrons. The lowest BCUT2D eigenvalue weighted by atomic mass is 9.90. The molecule has 1 nitrogen and oxygen atoms in total. The number of rotatable bonds is 1. The van der Waals surface area contributed by atoms with Crippen LogP contribution in [0.3, 0.4) is 0 Å². The van der Waals surface area contributed by atoms with Crippen LogP contribution in [0.25, 0.3) is 0 Å². The number of hydrogen-bond donors (Lipinski definition) is 1. The minimum atomic E-state index is 0.0778. The Bertz CT molecular complexity index is 373. The molecule has 1 N–H and O–H groups in total.